The molecule has 0 aliphatic carbocycles. The Morgan fingerprint density at radius 1 is 1.27 bits per heavy atom. The molecule has 0 heterocycles. The van der Waals surface area contributed by atoms with Crippen LogP contribution in [0.4, 0.5) is 0 Å². The lowest BCUT2D eigenvalue weighted by Crippen LogP contribution is -2.31. The van der Waals surface area contributed by atoms with E-state index in [1.54, 1.807) is 25.3 Å². The van der Waals surface area contributed by atoms with Gasteiger partial charge in [-0.05, 0) is 36.0 Å². The largest absolute Gasteiger partial charge is 0.507 e. The third-order valence-corrected chi connectivity index (χ3v) is 3.14. The molecule has 0 bridgehead atoms. The molecule has 2 rings (SSSR count). The molecule has 0 aromatic heterocycles. The standard InChI is InChI=1S/C16H17N3O2S/c1-21-14-7-8-15(20)13(9-14)11-18-19-16(22)17-10-12-5-3-2-4-6-12/h2-9,11,20H,10H2,1H3,(H2,17,19,22)/b18-11+. The fourth-order valence-electron chi connectivity index (χ4n) is 1.74. The number of benzene rings is 2. The number of ether oxygens (including phenoxy) is 1. The van der Waals surface area contributed by atoms with Crippen molar-refractivity contribution >= 4 is 23.5 Å². The first-order valence-electron chi connectivity index (χ1n) is 6.67. The number of aromatic hydroxyl groups is 1. The molecule has 0 unspecified atom stereocenters. The molecule has 0 amide bonds. The van der Waals surface area contributed by atoms with E-state index in [-0.39, 0.29) is 5.75 Å². The minimum Gasteiger partial charge on any atom is -0.507 e. The van der Waals surface area contributed by atoms with Crippen LogP contribution in [0.1, 0.15) is 11.1 Å². The molecule has 5 nitrogen and oxygen atoms in total. The van der Waals surface area contributed by atoms with Gasteiger partial charge in [0.05, 0.1) is 13.3 Å². The lowest BCUT2D eigenvalue weighted by atomic mass is 10.2. The third kappa shape index (κ3) is 4.75. The normalized spacial score (nSPS) is 10.4. The second-order valence-corrected chi connectivity index (χ2v) is 4.87. The molecule has 2 aromatic carbocycles. The molecule has 22 heavy (non-hydrogen) atoms. The van der Waals surface area contributed by atoms with Crippen molar-refractivity contribution in [3.05, 3.63) is 59.7 Å². The summed E-state index contributed by atoms with van der Waals surface area (Å²) in [7, 11) is 1.56. The van der Waals surface area contributed by atoms with Crippen molar-refractivity contribution in [2.75, 3.05) is 7.11 Å². The van der Waals surface area contributed by atoms with E-state index in [4.69, 9.17) is 17.0 Å². The number of thiocarbonyl (C=S) groups is 1. The van der Waals surface area contributed by atoms with E-state index < -0.39 is 0 Å². The summed E-state index contributed by atoms with van der Waals surface area (Å²) < 4.78 is 5.09. The Balaban J connectivity index is 1.85. The minimum absolute atomic E-state index is 0.120. The molecule has 0 spiro atoms. The van der Waals surface area contributed by atoms with Gasteiger partial charge < -0.3 is 15.2 Å². The van der Waals surface area contributed by atoms with Crippen molar-refractivity contribution in [1.29, 1.82) is 0 Å². The van der Waals surface area contributed by atoms with Gasteiger partial charge in [-0.1, -0.05) is 30.3 Å². The fourth-order valence-corrected chi connectivity index (χ4v) is 1.87. The molecule has 0 atom stereocenters. The van der Waals surface area contributed by atoms with Crippen LogP contribution in [0.3, 0.4) is 0 Å². The number of rotatable bonds is 5. The molecular weight excluding hydrogens is 298 g/mol. The van der Waals surface area contributed by atoms with Crippen molar-refractivity contribution < 1.29 is 9.84 Å². The maximum Gasteiger partial charge on any atom is 0.187 e. The monoisotopic (exact) mass is 315 g/mol. The van der Waals surface area contributed by atoms with Gasteiger partial charge in [0, 0.05) is 12.1 Å². The van der Waals surface area contributed by atoms with Crippen LogP contribution in [0.25, 0.3) is 0 Å². The zero-order valence-corrected chi connectivity index (χ0v) is 12.9. The summed E-state index contributed by atoms with van der Waals surface area (Å²) in [6, 6.07) is 14.8. The number of phenolic OH excluding ortho intramolecular Hbond substituents is 1. The van der Waals surface area contributed by atoms with Crippen LogP contribution < -0.4 is 15.5 Å². The average Bonchev–Trinajstić information content (AvgIpc) is 2.55. The van der Waals surface area contributed by atoms with E-state index in [1.807, 2.05) is 30.3 Å². The number of phenols is 1. The van der Waals surface area contributed by atoms with E-state index in [9.17, 15) is 5.11 Å². The van der Waals surface area contributed by atoms with Crippen molar-refractivity contribution in [1.82, 2.24) is 10.7 Å². The van der Waals surface area contributed by atoms with Gasteiger partial charge in [0.1, 0.15) is 11.5 Å². The summed E-state index contributed by atoms with van der Waals surface area (Å²) in [5, 5.41) is 17.2. The van der Waals surface area contributed by atoms with Gasteiger partial charge in [0.2, 0.25) is 0 Å². The highest BCUT2D eigenvalue weighted by Crippen LogP contribution is 2.20. The molecule has 0 aliphatic heterocycles. The van der Waals surface area contributed by atoms with Gasteiger partial charge in [-0.3, -0.25) is 5.43 Å². The maximum absolute atomic E-state index is 9.72. The molecular formula is C16H17N3O2S. The molecule has 114 valence electrons. The van der Waals surface area contributed by atoms with Crippen LogP contribution in [-0.2, 0) is 6.54 Å². The highest BCUT2D eigenvalue weighted by molar-refractivity contribution is 7.80. The van der Waals surface area contributed by atoms with E-state index in [0.29, 0.717) is 23.0 Å². The quantitative estimate of drug-likeness (QED) is 0.449. The average molecular weight is 315 g/mol. The van der Waals surface area contributed by atoms with Crippen LogP contribution in [0.2, 0.25) is 0 Å². The lowest BCUT2D eigenvalue weighted by Gasteiger charge is -2.07. The topological polar surface area (TPSA) is 65.9 Å². The summed E-state index contributed by atoms with van der Waals surface area (Å²) >= 11 is 5.13. The van der Waals surface area contributed by atoms with Crippen molar-refractivity contribution in [2.24, 2.45) is 5.10 Å². The Morgan fingerprint density at radius 3 is 2.77 bits per heavy atom. The highest BCUT2D eigenvalue weighted by atomic mass is 32.1. The van der Waals surface area contributed by atoms with Gasteiger partial charge >= 0.3 is 0 Å². The Kier molecular flexibility index (Phi) is 5.73. The number of nitrogens with one attached hydrogen (secondary N) is 2. The minimum atomic E-state index is 0.120. The van der Waals surface area contributed by atoms with Gasteiger partial charge in [-0.15, -0.1) is 0 Å². The first-order chi connectivity index (χ1) is 10.7. The van der Waals surface area contributed by atoms with Crippen LogP contribution in [0.5, 0.6) is 11.5 Å². The Morgan fingerprint density at radius 2 is 2.05 bits per heavy atom. The van der Waals surface area contributed by atoms with Crippen LogP contribution in [0.15, 0.2) is 53.6 Å². The van der Waals surface area contributed by atoms with E-state index in [2.05, 4.69) is 15.8 Å². The number of hydrazone groups is 1. The van der Waals surface area contributed by atoms with Gasteiger partial charge in [0.25, 0.3) is 0 Å². The predicted octanol–water partition coefficient (Wildman–Crippen LogP) is 2.40. The van der Waals surface area contributed by atoms with Crippen LogP contribution in [-0.4, -0.2) is 23.5 Å². The van der Waals surface area contributed by atoms with Crippen molar-refractivity contribution in [3.8, 4) is 11.5 Å². The molecule has 6 heteroatoms. The van der Waals surface area contributed by atoms with Gasteiger partial charge in [-0.2, -0.15) is 5.10 Å². The van der Waals surface area contributed by atoms with E-state index in [0.717, 1.165) is 5.56 Å². The van der Waals surface area contributed by atoms with Gasteiger partial charge in [0.15, 0.2) is 5.11 Å². The smallest absolute Gasteiger partial charge is 0.187 e. The molecule has 0 fully saturated rings. The fraction of sp³-hybridized carbons (Fsp3) is 0.125. The summed E-state index contributed by atoms with van der Waals surface area (Å²) in [6.45, 7) is 0.618. The molecule has 0 aliphatic rings. The van der Waals surface area contributed by atoms with Crippen molar-refractivity contribution in [2.45, 2.75) is 6.54 Å². The second-order valence-electron chi connectivity index (χ2n) is 4.46. The van der Waals surface area contributed by atoms with Gasteiger partial charge in [-0.25, -0.2) is 0 Å². The Bertz CT molecular complexity index is 660. The summed E-state index contributed by atoms with van der Waals surface area (Å²) in [4.78, 5) is 0. The van der Waals surface area contributed by atoms with Crippen LogP contribution in [0, 0.1) is 0 Å². The SMILES string of the molecule is COc1ccc(O)c(/C=N/NC(=S)NCc2ccccc2)c1. The Labute approximate surface area is 134 Å². The third-order valence-electron chi connectivity index (χ3n) is 2.90. The predicted molar refractivity (Wildman–Crippen MR) is 91.3 cm³/mol. The summed E-state index contributed by atoms with van der Waals surface area (Å²) in [5.74, 6) is 0.763. The first kappa shape index (κ1) is 15.8. The molecule has 3 N–H and O–H groups in total. The molecule has 0 saturated carbocycles. The number of hydrogen-bond acceptors (Lipinski definition) is 4. The zero-order valence-electron chi connectivity index (χ0n) is 12.1. The number of nitrogens with zero attached hydrogens (tertiary/aromatic N) is 1. The van der Waals surface area contributed by atoms with Crippen molar-refractivity contribution in [3.63, 3.8) is 0 Å². The van der Waals surface area contributed by atoms with Crippen LogP contribution >= 0.6 is 12.2 Å². The first-order valence-corrected chi connectivity index (χ1v) is 7.07. The molecule has 0 radical (unpaired) electrons. The number of hydrogen-bond donors (Lipinski definition) is 3. The zero-order chi connectivity index (χ0) is 15.8. The molecule has 0 saturated heterocycles. The highest BCUT2D eigenvalue weighted by Gasteiger charge is 2.00. The Hall–Kier alpha value is -2.60. The summed E-state index contributed by atoms with van der Waals surface area (Å²) in [6.07, 6.45) is 1.48. The molecule has 2 aromatic rings. The second kappa shape index (κ2) is 7.99. The van der Waals surface area contributed by atoms with E-state index >= 15 is 0 Å². The maximum atomic E-state index is 9.72. The van der Waals surface area contributed by atoms with E-state index in [1.165, 1.54) is 6.21 Å². The number of methoxy groups -OCH3 is 1. The summed E-state index contributed by atoms with van der Waals surface area (Å²) in [5.41, 5.74) is 4.37. The lowest BCUT2D eigenvalue weighted by molar-refractivity contribution is 0.412.